The van der Waals surface area contributed by atoms with Crippen molar-refractivity contribution in [3.05, 3.63) is 22.5 Å². The van der Waals surface area contributed by atoms with Crippen LogP contribution in [0.5, 0.6) is 0 Å². The van der Waals surface area contributed by atoms with Crippen LogP contribution in [-0.4, -0.2) is 15.6 Å². The molecular weight excluding hydrogens is 262 g/mol. The zero-order chi connectivity index (χ0) is 16.5. The predicted molar refractivity (Wildman–Crippen MR) is 88.4 cm³/mol. The molecule has 0 aliphatic carbocycles. The fourth-order valence-electron chi connectivity index (χ4n) is 3.46. The summed E-state index contributed by atoms with van der Waals surface area (Å²) in [6, 6.07) is 0. The monoisotopic (exact) mass is 293 g/mol. The van der Waals surface area contributed by atoms with E-state index in [1.807, 2.05) is 0 Å². The van der Waals surface area contributed by atoms with Crippen LogP contribution in [0.25, 0.3) is 0 Å². The first-order valence-electron chi connectivity index (χ1n) is 8.07. The van der Waals surface area contributed by atoms with E-state index >= 15 is 0 Å². The Labute approximate surface area is 129 Å². The SMILES string of the molecule is CC(C)c1c(C(C)C)c(C(C)C)n(CC(=O)O)c1C(C)C. The van der Waals surface area contributed by atoms with Crippen LogP contribution in [0.3, 0.4) is 0 Å². The third kappa shape index (κ3) is 3.50. The molecule has 0 bridgehead atoms. The maximum absolute atomic E-state index is 11.4. The molecule has 0 fully saturated rings. The fourth-order valence-corrected chi connectivity index (χ4v) is 3.46. The Kier molecular flexibility index (Phi) is 5.66. The van der Waals surface area contributed by atoms with E-state index < -0.39 is 5.97 Å². The average Bonchev–Trinajstić information content (AvgIpc) is 2.63. The van der Waals surface area contributed by atoms with Crippen molar-refractivity contribution in [2.45, 2.75) is 85.6 Å². The van der Waals surface area contributed by atoms with Gasteiger partial charge in [-0.15, -0.1) is 0 Å². The first kappa shape index (κ1) is 17.8. The van der Waals surface area contributed by atoms with Crippen molar-refractivity contribution in [1.29, 1.82) is 0 Å². The molecule has 1 N–H and O–H groups in total. The van der Waals surface area contributed by atoms with Gasteiger partial charge in [0, 0.05) is 11.4 Å². The van der Waals surface area contributed by atoms with Crippen LogP contribution in [0.4, 0.5) is 0 Å². The Bertz CT molecular complexity index is 470. The Hall–Kier alpha value is -1.25. The second-order valence-corrected chi connectivity index (χ2v) is 7.20. The fraction of sp³-hybridized carbons (Fsp3) is 0.722. The molecule has 120 valence electrons. The van der Waals surface area contributed by atoms with Crippen LogP contribution in [-0.2, 0) is 11.3 Å². The third-order valence-electron chi connectivity index (χ3n) is 3.97. The number of carbonyl (C=O) groups is 1. The Morgan fingerprint density at radius 2 is 1.14 bits per heavy atom. The van der Waals surface area contributed by atoms with Gasteiger partial charge in [-0.05, 0) is 34.8 Å². The summed E-state index contributed by atoms with van der Waals surface area (Å²) >= 11 is 0. The van der Waals surface area contributed by atoms with Crippen LogP contribution in [0, 0.1) is 0 Å². The molecule has 0 aliphatic heterocycles. The minimum atomic E-state index is -0.764. The molecule has 3 nitrogen and oxygen atoms in total. The van der Waals surface area contributed by atoms with Gasteiger partial charge in [0.15, 0.2) is 0 Å². The first-order chi connectivity index (χ1) is 9.59. The molecule has 0 saturated heterocycles. The number of hydrogen-bond acceptors (Lipinski definition) is 1. The summed E-state index contributed by atoms with van der Waals surface area (Å²) in [7, 11) is 0. The van der Waals surface area contributed by atoms with E-state index in [0.717, 1.165) is 0 Å². The van der Waals surface area contributed by atoms with Gasteiger partial charge in [-0.2, -0.15) is 0 Å². The molecular formula is C18H31NO2. The number of hydrogen-bond donors (Lipinski definition) is 1. The zero-order valence-corrected chi connectivity index (χ0v) is 14.8. The molecule has 0 saturated carbocycles. The van der Waals surface area contributed by atoms with Gasteiger partial charge in [0.25, 0.3) is 0 Å². The lowest BCUT2D eigenvalue weighted by Crippen LogP contribution is -2.16. The molecule has 0 atom stereocenters. The van der Waals surface area contributed by atoms with E-state index in [9.17, 15) is 9.90 Å². The summed E-state index contributed by atoms with van der Waals surface area (Å²) in [5.74, 6) is 0.706. The second-order valence-electron chi connectivity index (χ2n) is 7.20. The highest BCUT2D eigenvalue weighted by atomic mass is 16.4. The maximum atomic E-state index is 11.4. The van der Waals surface area contributed by atoms with Gasteiger partial charge in [0.1, 0.15) is 6.54 Å². The number of aliphatic carboxylic acids is 1. The van der Waals surface area contributed by atoms with E-state index in [2.05, 4.69) is 60.0 Å². The van der Waals surface area contributed by atoms with E-state index in [4.69, 9.17) is 0 Å². The van der Waals surface area contributed by atoms with Crippen molar-refractivity contribution in [2.75, 3.05) is 0 Å². The summed E-state index contributed by atoms with van der Waals surface area (Å²) in [5, 5.41) is 9.34. The molecule has 3 heteroatoms. The van der Waals surface area contributed by atoms with Gasteiger partial charge in [0.2, 0.25) is 0 Å². The minimum Gasteiger partial charge on any atom is -0.480 e. The summed E-state index contributed by atoms with van der Waals surface area (Å²) < 4.78 is 2.07. The number of carboxylic acids is 1. The highest BCUT2D eigenvalue weighted by Gasteiger charge is 2.29. The predicted octanol–water partition coefficient (Wildman–Crippen LogP) is 5.07. The normalized spacial score (nSPS) is 12.2. The van der Waals surface area contributed by atoms with E-state index in [1.165, 1.54) is 22.5 Å². The van der Waals surface area contributed by atoms with Crippen molar-refractivity contribution >= 4 is 5.97 Å². The van der Waals surface area contributed by atoms with Gasteiger partial charge in [-0.3, -0.25) is 4.79 Å². The van der Waals surface area contributed by atoms with Crippen LogP contribution in [0.1, 0.15) is 102 Å². The molecule has 21 heavy (non-hydrogen) atoms. The van der Waals surface area contributed by atoms with Gasteiger partial charge >= 0.3 is 5.97 Å². The molecule has 0 aromatic carbocycles. The summed E-state index contributed by atoms with van der Waals surface area (Å²) in [6.07, 6.45) is 0. The summed E-state index contributed by atoms with van der Waals surface area (Å²) in [4.78, 5) is 11.4. The second kappa shape index (κ2) is 6.67. The highest BCUT2D eigenvalue weighted by Crippen LogP contribution is 2.40. The molecule has 1 aromatic heterocycles. The number of aromatic nitrogens is 1. The number of nitrogens with zero attached hydrogens (tertiary/aromatic N) is 1. The minimum absolute atomic E-state index is 0.0630. The lowest BCUT2D eigenvalue weighted by Gasteiger charge is -2.17. The van der Waals surface area contributed by atoms with E-state index in [-0.39, 0.29) is 6.54 Å². The van der Waals surface area contributed by atoms with E-state index in [0.29, 0.717) is 23.7 Å². The highest BCUT2D eigenvalue weighted by molar-refractivity contribution is 5.67. The number of carboxylic acid groups (broad SMARTS) is 1. The molecule has 1 heterocycles. The lowest BCUT2D eigenvalue weighted by molar-refractivity contribution is -0.137. The van der Waals surface area contributed by atoms with Gasteiger partial charge < -0.3 is 9.67 Å². The van der Waals surface area contributed by atoms with Crippen molar-refractivity contribution in [1.82, 2.24) is 4.57 Å². The van der Waals surface area contributed by atoms with Crippen molar-refractivity contribution < 1.29 is 9.90 Å². The topological polar surface area (TPSA) is 42.2 Å². The van der Waals surface area contributed by atoms with Crippen molar-refractivity contribution in [3.8, 4) is 0 Å². The van der Waals surface area contributed by atoms with Crippen molar-refractivity contribution in [2.24, 2.45) is 0 Å². The quantitative estimate of drug-likeness (QED) is 0.796. The largest absolute Gasteiger partial charge is 0.480 e. The lowest BCUT2D eigenvalue weighted by atomic mass is 9.87. The zero-order valence-electron chi connectivity index (χ0n) is 14.8. The molecule has 0 unspecified atom stereocenters. The Morgan fingerprint density at radius 1 is 0.810 bits per heavy atom. The molecule has 0 radical (unpaired) electrons. The van der Waals surface area contributed by atoms with Crippen LogP contribution >= 0.6 is 0 Å². The summed E-state index contributed by atoms with van der Waals surface area (Å²) in [6.45, 7) is 17.5. The van der Waals surface area contributed by atoms with Crippen LogP contribution < -0.4 is 0 Å². The molecule has 0 aliphatic rings. The van der Waals surface area contributed by atoms with Crippen molar-refractivity contribution in [3.63, 3.8) is 0 Å². The molecule has 0 amide bonds. The standard InChI is InChI=1S/C18H31NO2/c1-10(2)15-16(11(3)4)18(13(7)8)19(9-14(20)21)17(15)12(5)6/h10-13H,9H2,1-8H3,(H,20,21). The smallest absolute Gasteiger partial charge is 0.323 e. The third-order valence-corrected chi connectivity index (χ3v) is 3.97. The Balaban J connectivity index is 3.81. The Morgan fingerprint density at radius 3 is 1.33 bits per heavy atom. The number of rotatable bonds is 6. The molecule has 0 spiro atoms. The van der Waals surface area contributed by atoms with Crippen LogP contribution in [0.15, 0.2) is 0 Å². The molecule has 1 aromatic rings. The van der Waals surface area contributed by atoms with E-state index in [1.54, 1.807) is 0 Å². The maximum Gasteiger partial charge on any atom is 0.323 e. The van der Waals surface area contributed by atoms with Crippen LogP contribution in [0.2, 0.25) is 0 Å². The van der Waals surface area contributed by atoms with Gasteiger partial charge in [-0.1, -0.05) is 55.4 Å². The molecule has 1 rings (SSSR count). The van der Waals surface area contributed by atoms with Gasteiger partial charge in [0.05, 0.1) is 0 Å². The average molecular weight is 293 g/mol. The first-order valence-corrected chi connectivity index (χ1v) is 8.07. The van der Waals surface area contributed by atoms with Gasteiger partial charge in [-0.25, -0.2) is 0 Å². The summed E-state index contributed by atoms with van der Waals surface area (Å²) in [5.41, 5.74) is 5.15.